The molecule has 4 rings (SSSR count). The summed E-state index contributed by atoms with van der Waals surface area (Å²) < 4.78 is 16.2. The Morgan fingerprint density at radius 3 is 2.61 bits per heavy atom. The largest absolute Gasteiger partial charge is 0.459 e. The monoisotopic (exact) mass is 386 g/mol. The van der Waals surface area contributed by atoms with Gasteiger partial charge in [-0.25, -0.2) is 4.79 Å². The van der Waals surface area contributed by atoms with Crippen molar-refractivity contribution in [3.05, 3.63) is 29.8 Å². The molecule has 0 spiro atoms. The third-order valence-corrected chi connectivity index (χ3v) is 5.44. The lowest BCUT2D eigenvalue weighted by Gasteiger charge is -2.31. The van der Waals surface area contributed by atoms with E-state index in [1.165, 1.54) is 6.08 Å². The van der Waals surface area contributed by atoms with Gasteiger partial charge in [0, 0.05) is 32.3 Å². The summed E-state index contributed by atoms with van der Waals surface area (Å²) in [5.74, 6) is 1.28. The highest BCUT2D eigenvalue weighted by Gasteiger charge is 2.25. The van der Waals surface area contributed by atoms with Gasteiger partial charge in [0.1, 0.15) is 6.10 Å². The number of nitrogens with zero attached hydrogens (tertiary/aromatic N) is 2. The molecule has 0 saturated carbocycles. The first-order valence-electron chi connectivity index (χ1n) is 9.96. The third kappa shape index (κ3) is 4.65. The van der Waals surface area contributed by atoms with Gasteiger partial charge in [0.05, 0.1) is 6.54 Å². The van der Waals surface area contributed by atoms with Gasteiger partial charge < -0.3 is 19.1 Å². The summed E-state index contributed by atoms with van der Waals surface area (Å²) in [6.45, 7) is 4.05. The Bertz CT molecular complexity index is 749. The summed E-state index contributed by atoms with van der Waals surface area (Å²) in [5, 5.41) is 0. The fourth-order valence-electron chi connectivity index (χ4n) is 3.83. The second-order valence-corrected chi connectivity index (χ2v) is 7.45. The van der Waals surface area contributed by atoms with Crippen molar-refractivity contribution in [1.29, 1.82) is 0 Å². The molecule has 0 aromatic heterocycles. The molecule has 0 atom stereocenters. The summed E-state index contributed by atoms with van der Waals surface area (Å²) in [6.07, 6.45) is 6.82. The molecule has 1 amide bonds. The molecule has 1 aromatic rings. The Kier molecular flexibility index (Phi) is 5.81. The van der Waals surface area contributed by atoms with E-state index in [-0.39, 0.29) is 24.8 Å². The van der Waals surface area contributed by atoms with Crippen LogP contribution in [-0.4, -0.2) is 67.3 Å². The number of benzene rings is 1. The van der Waals surface area contributed by atoms with Gasteiger partial charge in [-0.15, -0.1) is 0 Å². The molecular weight excluding hydrogens is 360 g/mol. The zero-order valence-electron chi connectivity index (χ0n) is 16.0. The molecule has 7 nitrogen and oxygen atoms in total. The van der Waals surface area contributed by atoms with Crippen LogP contribution in [0.2, 0.25) is 0 Å². The minimum absolute atomic E-state index is 0.0907. The number of piperidine rings is 1. The smallest absolute Gasteiger partial charge is 0.331 e. The quantitative estimate of drug-likeness (QED) is 0.570. The highest BCUT2D eigenvalue weighted by molar-refractivity contribution is 5.87. The Hall–Kier alpha value is -2.54. The molecule has 28 heavy (non-hydrogen) atoms. The van der Waals surface area contributed by atoms with Crippen LogP contribution in [0.5, 0.6) is 11.5 Å². The molecule has 3 heterocycles. The highest BCUT2D eigenvalue weighted by atomic mass is 16.7. The Labute approximate surface area is 164 Å². The van der Waals surface area contributed by atoms with Crippen LogP contribution in [0.15, 0.2) is 24.3 Å². The molecular formula is C21H26N2O5. The number of carbonyl (C=O) groups excluding carboxylic acids is 2. The van der Waals surface area contributed by atoms with Crippen molar-refractivity contribution in [3.8, 4) is 11.5 Å². The van der Waals surface area contributed by atoms with Crippen LogP contribution >= 0.6 is 0 Å². The molecule has 3 aliphatic heterocycles. The van der Waals surface area contributed by atoms with Gasteiger partial charge in [0.2, 0.25) is 12.7 Å². The average molecular weight is 386 g/mol. The first-order valence-corrected chi connectivity index (χ1v) is 9.96. The van der Waals surface area contributed by atoms with E-state index in [4.69, 9.17) is 14.2 Å². The molecule has 1 aromatic carbocycles. The van der Waals surface area contributed by atoms with Crippen LogP contribution in [0.4, 0.5) is 0 Å². The van der Waals surface area contributed by atoms with E-state index < -0.39 is 0 Å². The summed E-state index contributed by atoms with van der Waals surface area (Å²) in [4.78, 5) is 28.5. The number of carbonyl (C=O) groups is 2. The molecule has 0 aliphatic carbocycles. The van der Waals surface area contributed by atoms with Crippen LogP contribution in [0.25, 0.3) is 6.08 Å². The van der Waals surface area contributed by atoms with E-state index in [0.29, 0.717) is 12.3 Å². The molecule has 7 heteroatoms. The average Bonchev–Trinajstić information content (AvgIpc) is 3.39. The van der Waals surface area contributed by atoms with Gasteiger partial charge >= 0.3 is 5.97 Å². The SMILES string of the molecule is O=C(/C=C/c1ccc2c(c1)OCO2)OC1CCN(CC(=O)N2CCCC2)CC1. The van der Waals surface area contributed by atoms with Crippen molar-refractivity contribution >= 4 is 18.0 Å². The molecule has 2 saturated heterocycles. The van der Waals surface area contributed by atoms with E-state index in [0.717, 1.165) is 63.2 Å². The van der Waals surface area contributed by atoms with E-state index in [1.54, 1.807) is 6.08 Å². The maximum Gasteiger partial charge on any atom is 0.331 e. The van der Waals surface area contributed by atoms with E-state index in [9.17, 15) is 9.59 Å². The topological polar surface area (TPSA) is 68.3 Å². The first-order chi connectivity index (χ1) is 13.7. The van der Waals surface area contributed by atoms with Gasteiger partial charge in [-0.05, 0) is 49.5 Å². The molecule has 0 unspecified atom stereocenters. The van der Waals surface area contributed by atoms with E-state index in [2.05, 4.69) is 4.90 Å². The Morgan fingerprint density at radius 1 is 1.07 bits per heavy atom. The number of likely N-dealkylation sites (tertiary alicyclic amines) is 2. The lowest BCUT2D eigenvalue weighted by molar-refractivity contribution is -0.146. The van der Waals surface area contributed by atoms with Crippen molar-refractivity contribution in [3.63, 3.8) is 0 Å². The van der Waals surface area contributed by atoms with Crippen LogP contribution in [0, 0.1) is 0 Å². The van der Waals surface area contributed by atoms with Crippen molar-refractivity contribution in [2.24, 2.45) is 0 Å². The third-order valence-electron chi connectivity index (χ3n) is 5.44. The number of ether oxygens (including phenoxy) is 3. The Balaban J connectivity index is 1.20. The molecule has 0 N–H and O–H groups in total. The molecule has 150 valence electrons. The summed E-state index contributed by atoms with van der Waals surface area (Å²) >= 11 is 0. The normalized spacial score (nSPS) is 20.1. The fourth-order valence-corrected chi connectivity index (χ4v) is 3.83. The highest BCUT2D eigenvalue weighted by Crippen LogP contribution is 2.32. The lowest BCUT2D eigenvalue weighted by atomic mass is 10.1. The second-order valence-electron chi connectivity index (χ2n) is 7.45. The lowest BCUT2D eigenvalue weighted by Crippen LogP contribution is -2.44. The van der Waals surface area contributed by atoms with Crippen LogP contribution in [0.3, 0.4) is 0 Å². The van der Waals surface area contributed by atoms with Crippen LogP contribution in [0.1, 0.15) is 31.2 Å². The number of esters is 1. The van der Waals surface area contributed by atoms with Gasteiger partial charge in [0.15, 0.2) is 11.5 Å². The summed E-state index contributed by atoms with van der Waals surface area (Å²) in [6, 6.07) is 5.53. The van der Waals surface area contributed by atoms with Crippen molar-refractivity contribution in [2.75, 3.05) is 39.5 Å². The van der Waals surface area contributed by atoms with Crippen molar-refractivity contribution < 1.29 is 23.8 Å². The summed E-state index contributed by atoms with van der Waals surface area (Å²) in [5.41, 5.74) is 0.858. The van der Waals surface area contributed by atoms with Crippen molar-refractivity contribution in [1.82, 2.24) is 9.80 Å². The second kappa shape index (κ2) is 8.65. The van der Waals surface area contributed by atoms with Gasteiger partial charge in [0.25, 0.3) is 0 Å². The van der Waals surface area contributed by atoms with Gasteiger partial charge in [-0.3, -0.25) is 9.69 Å². The zero-order valence-corrected chi connectivity index (χ0v) is 16.0. The standard InChI is InChI=1S/C21H26N2O5/c24-20(23-9-1-2-10-23)14-22-11-7-17(8-12-22)28-21(25)6-4-16-3-5-18-19(13-16)27-15-26-18/h3-6,13,17H,1-2,7-12,14-15H2/b6-4+. The van der Waals surface area contributed by atoms with Crippen LogP contribution in [-0.2, 0) is 14.3 Å². The number of rotatable bonds is 5. The van der Waals surface area contributed by atoms with Gasteiger partial charge in [-0.1, -0.05) is 6.07 Å². The maximum absolute atomic E-state index is 12.2. The van der Waals surface area contributed by atoms with Crippen LogP contribution < -0.4 is 9.47 Å². The minimum Gasteiger partial charge on any atom is -0.459 e. The fraction of sp³-hybridized carbons (Fsp3) is 0.524. The number of hydrogen-bond acceptors (Lipinski definition) is 6. The molecule has 0 radical (unpaired) electrons. The van der Waals surface area contributed by atoms with E-state index >= 15 is 0 Å². The minimum atomic E-state index is -0.343. The number of hydrogen-bond donors (Lipinski definition) is 0. The van der Waals surface area contributed by atoms with E-state index in [1.807, 2.05) is 23.1 Å². The van der Waals surface area contributed by atoms with Gasteiger partial charge in [-0.2, -0.15) is 0 Å². The molecule has 0 bridgehead atoms. The predicted molar refractivity (Wildman–Crippen MR) is 103 cm³/mol. The number of fused-ring (bicyclic) bond motifs is 1. The molecule has 3 aliphatic rings. The number of amides is 1. The maximum atomic E-state index is 12.2. The zero-order chi connectivity index (χ0) is 19.3. The first kappa shape index (κ1) is 18.8. The summed E-state index contributed by atoms with van der Waals surface area (Å²) in [7, 11) is 0. The van der Waals surface area contributed by atoms with Crippen molar-refractivity contribution in [2.45, 2.75) is 31.8 Å². The Morgan fingerprint density at radius 2 is 1.82 bits per heavy atom. The molecule has 2 fully saturated rings. The predicted octanol–water partition coefficient (Wildman–Crippen LogP) is 2.06.